The summed E-state index contributed by atoms with van der Waals surface area (Å²) >= 11 is 0. The third kappa shape index (κ3) is 40.1. The second-order valence-electron chi connectivity index (χ2n) is 1.90. The molecule has 0 aliphatic heterocycles. The predicted octanol–water partition coefficient (Wildman–Crippen LogP) is 0.551. The van der Waals surface area contributed by atoms with E-state index in [1.54, 1.807) is 6.92 Å². The molecule has 0 spiro atoms. The molecule has 0 aromatic rings. The Labute approximate surface area is 81.4 Å². The Bertz CT molecular complexity index is 100. The minimum atomic E-state index is -0.0625. The third-order valence-electron chi connectivity index (χ3n) is 0.498. The Kier molecular flexibility index (Phi) is 19.7. The second kappa shape index (κ2) is 12.6. The predicted molar refractivity (Wildman–Crippen MR) is 38.7 cm³/mol. The molecular weight excluding hydrogens is 228 g/mol. The quantitative estimate of drug-likeness (QED) is 0.568. The van der Waals surface area contributed by atoms with Crippen molar-refractivity contribution in [1.82, 2.24) is 0 Å². The number of aliphatic hydroxyl groups excluding tert-OH is 1. The molecule has 0 aliphatic carbocycles. The number of hydrogen-bond donors (Lipinski definition) is 1. The van der Waals surface area contributed by atoms with E-state index in [1.807, 2.05) is 0 Å². The van der Waals surface area contributed by atoms with E-state index in [2.05, 4.69) is 0 Å². The SMILES string of the molecule is CC(=O)CC(C)=O.CCO.[Mo]. The van der Waals surface area contributed by atoms with Crippen LogP contribution in [0.1, 0.15) is 27.2 Å². The Balaban J connectivity index is -0.000000140. The summed E-state index contributed by atoms with van der Waals surface area (Å²) in [5.41, 5.74) is 0. The van der Waals surface area contributed by atoms with Crippen molar-refractivity contribution in [2.45, 2.75) is 27.2 Å². The Hall–Kier alpha value is -0.0117. The maximum Gasteiger partial charge on any atom is 0.137 e. The number of hydrogen-bond acceptors (Lipinski definition) is 3. The van der Waals surface area contributed by atoms with E-state index in [0.29, 0.717) is 0 Å². The largest absolute Gasteiger partial charge is 0.397 e. The van der Waals surface area contributed by atoms with E-state index in [4.69, 9.17) is 5.11 Å². The minimum Gasteiger partial charge on any atom is -0.397 e. The first-order valence-corrected chi connectivity index (χ1v) is 3.14. The van der Waals surface area contributed by atoms with Gasteiger partial charge in [-0.15, -0.1) is 0 Å². The molecular formula is C7H14MoO3. The molecule has 0 saturated heterocycles. The van der Waals surface area contributed by atoms with Gasteiger partial charge in [0.1, 0.15) is 11.6 Å². The fourth-order valence-electron chi connectivity index (χ4n) is 0.351. The van der Waals surface area contributed by atoms with E-state index in [9.17, 15) is 9.59 Å². The van der Waals surface area contributed by atoms with Crippen LogP contribution in [0, 0.1) is 0 Å². The molecule has 3 nitrogen and oxygen atoms in total. The average molecular weight is 242 g/mol. The van der Waals surface area contributed by atoms with Gasteiger partial charge in [-0.1, -0.05) is 0 Å². The van der Waals surface area contributed by atoms with Gasteiger partial charge >= 0.3 is 0 Å². The zero-order valence-electron chi connectivity index (χ0n) is 7.09. The van der Waals surface area contributed by atoms with Crippen LogP contribution in [0.2, 0.25) is 0 Å². The van der Waals surface area contributed by atoms with Gasteiger partial charge in [0.05, 0.1) is 6.42 Å². The minimum absolute atomic E-state index is 0. The van der Waals surface area contributed by atoms with E-state index in [-0.39, 0.29) is 45.7 Å². The summed E-state index contributed by atoms with van der Waals surface area (Å²) in [4.78, 5) is 20.1. The van der Waals surface area contributed by atoms with E-state index < -0.39 is 0 Å². The molecule has 0 radical (unpaired) electrons. The van der Waals surface area contributed by atoms with Crippen molar-refractivity contribution in [3.8, 4) is 0 Å². The van der Waals surface area contributed by atoms with Gasteiger partial charge in [0, 0.05) is 27.7 Å². The summed E-state index contributed by atoms with van der Waals surface area (Å²) in [5.74, 6) is -0.125. The van der Waals surface area contributed by atoms with Crippen LogP contribution >= 0.6 is 0 Å². The van der Waals surface area contributed by atoms with E-state index in [1.165, 1.54) is 13.8 Å². The van der Waals surface area contributed by atoms with Gasteiger partial charge in [-0.2, -0.15) is 0 Å². The summed E-state index contributed by atoms with van der Waals surface area (Å²) in [6.07, 6.45) is 0.0833. The molecule has 0 amide bonds. The van der Waals surface area contributed by atoms with Gasteiger partial charge in [0.25, 0.3) is 0 Å². The van der Waals surface area contributed by atoms with Crippen molar-refractivity contribution in [3.63, 3.8) is 0 Å². The molecule has 11 heavy (non-hydrogen) atoms. The number of ketones is 2. The summed E-state index contributed by atoms with van der Waals surface area (Å²) in [6, 6.07) is 0. The monoisotopic (exact) mass is 244 g/mol. The molecule has 0 unspecified atom stereocenters. The van der Waals surface area contributed by atoms with Crippen LogP contribution in [0.25, 0.3) is 0 Å². The van der Waals surface area contributed by atoms with Crippen LogP contribution in [0.3, 0.4) is 0 Å². The molecule has 0 aromatic carbocycles. The molecule has 0 saturated carbocycles. The van der Waals surface area contributed by atoms with Crippen molar-refractivity contribution in [2.24, 2.45) is 0 Å². The van der Waals surface area contributed by atoms with Gasteiger partial charge < -0.3 is 5.11 Å². The van der Waals surface area contributed by atoms with Crippen LogP contribution in [0.5, 0.6) is 0 Å². The number of carbonyl (C=O) groups excluding carboxylic acids is 2. The first kappa shape index (κ1) is 17.2. The molecule has 4 heteroatoms. The van der Waals surface area contributed by atoms with Gasteiger partial charge in [0.15, 0.2) is 0 Å². The van der Waals surface area contributed by atoms with E-state index in [0.717, 1.165) is 0 Å². The molecule has 0 aliphatic rings. The molecule has 0 heterocycles. The first-order chi connectivity index (χ1) is 4.54. The summed E-state index contributed by atoms with van der Waals surface area (Å²) in [7, 11) is 0. The molecule has 0 rings (SSSR count). The molecule has 0 atom stereocenters. The molecule has 0 aromatic heterocycles. The van der Waals surface area contributed by atoms with Crippen molar-refractivity contribution < 1.29 is 35.8 Å². The first-order valence-electron chi connectivity index (χ1n) is 3.14. The Morgan fingerprint density at radius 1 is 1.18 bits per heavy atom. The molecule has 0 fully saturated rings. The molecule has 1 N–H and O–H groups in total. The van der Waals surface area contributed by atoms with Crippen molar-refractivity contribution in [2.75, 3.05) is 6.61 Å². The Morgan fingerprint density at radius 2 is 1.36 bits per heavy atom. The maximum atomic E-state index is 10.0. The van der Waals surface area contributed by atoms with Gasteiger partial charge in [0.2, 0.25) is 0 Å². The smallest absolute Gasteiger partial charge is 0.137 e. The normalized spacial score (nSPS) is 6.91. The number of aliphatic hydroxyl groups is 1. The maximum absolute atomic E-state index is 10.0. The summed E-state index contributed by atoms with van der Waals surface area (Å²) in [5, 5.41) is 7.57. The number of Topliss-reactive ketones (excluding diaryl/α,β-unsaturated/α-hetero) is 2. The third-order valence-corrected chi connectivity index (χ3v) is 0.498. The number of rotatable bonds is 2. The Morgan fingerprint density at radius 3 is 1.36 bits per heavy atom. The second-order valence-corrected chi connectivity index (χ2v) is 1.90. The van der Waals surface area contributed by atoms with Gasteiger partial charge in [-0.3, -0.25) is 9.59 Å². The fourth-order valence-corrected chi connectivity index (χ4v) is 0.351. The zero-order valence-corrected chi connectivity index (χ0v) is 9.09. The van der Waals surface area contributed by atoms with Crippen molar-refractivity contribution >= 4 is 11.6 Å². The standard InChI is InChI=1S/C5H8O2.C2H6O.Mo/c1-4(6)3-5(2)7;1-2-3;/h3H2,1-2H3;3H,2H2,1H3;. The molecule has 0 bridgehead atoms. The fraction of sp³-hybridized carbons (Fsp3) is 0.714. The van der Waals surface area contributed by atoms with Crippen LogP contribution in [-0.2, 0) is 30.7 Å². The summed E-state index contributed by atoms with van der Waals surface area (Å²) < 4.78 is 0. The van der Waals surface area contributed by atoms with Crippen molar-refractivity contribution in [3.05, 3.63) is 0 Å². The molecule has 66 valence electrons. The average Bonchev–Trinajstić information content (AvgIpc) is 1.62. The topological polar surface area (TPSA) is 54.4 Å². The zero-order chi connectivity index (χ0) is 8.57. The van der Waals surface area contributed by atoms with Crippen LogP contribution < -0.4 is 0 Å². The van der Waals surface area contributed by atoms with Crippen LogP contribution in [0.4, 0.5) is 0 Å². The van der Waals surface area contributed by atoms with Crippen LogP contribution in [-0.4, -0.2) is 23.3 Å². The van der Waals surface area contributed by atoms with Crippen molar-refractivity contribution in [1.29, 1.82) is 0 Å². The van der Waals surface area contributed by atoms with Gasteiger partial charge in [-0.05, 0) is 20.8 Å². The summed E-state index contributed by atoms with van der Waals surface area (Å²) in [6.45, 7) is 4.74. The van der Waals surface area contributed by atoms with Crippen LogP contribution in [0.15, 0.2) is 0 Å². The number of carbonyl (C=O) groups is 2. The van der Waals surface area contributed by atoms with E-state index >= 15 is 0 Å². The van der Waals surface area contributed by atoms with Gasteiger partial charge in [-0.25, -0.2) is 0 Å².